The average molecular weight is 299 g/mol. The van der Waals surface area contributed by atoms with E-state index in [1.54, 1.807) is 28.7 Å². The largest absolute Gasteiger partial charge is 0.480 e. The van der Waals surface area contributed by atoms with Gasteiger partial charge in [-0.2, -0.15) is 0 Å². The van der Waals surface area contributed by atoms with Crippen LogP contribution in [-0.2, 0) is 14.3 Å². The van der Waals surface area contributed by atoms with Crippen molar-refractivity contribution in [1.82, 2.24) is 14.7 Å². The van der Waals surface area contributed by atoms with Gasteiger partial charge in [0.05, 0.1) is 13.1 Å². The lowest BCUT2D eigenvalue weighted by molar-refractivity contribution is -0.160. The fraction of sp³-hybridized carbons (Fsp3) is 0.769. The normalized spacial score (nSPS) is 21.8. The Morgan fingerprint density at radius 3 is 2.57 bits per heavy atom. The van der Waals surface area contributed by atoms with Crippen molar-refractivity contribution in [1.29, 1.82) is 0 Å². The number of aliphatic carboxylic acids is 1. The fourth-order valence-electron chi connectivity index (χ4n) is 2.57. The number of carboxylic acids is 1. The minimum Gasteiger partial charge on any atom is -0.480 e. The van der Waals surface area contributed by atoms with E-state index in [-0.39, 0.29) is 25.1 Å². The zero-order valence-electron chi connectivity index (χ0n) is 12.4. The topological polar surface area (TPSA) is 90.4 Å². The molecule has 8 heteroatoms. The zero-order chi connectivity index (χ0) is 15.6. The molecule has 0 radical (unpaired) electrons. The van der Waals surface area contributed by atoms with E-state index in [9.17, 15) is 14.4 Å². The molecule has 0 atom stereocenters. The van der Waals surface area contributed by atoms with Gasteiger partial charge in [-0.3, -0.25) is 4.79 Å². The molecule has 21 heavy (non-hydrogen) atoms. The van der Waals surface area contributed by atoms with Crippen molar-refractivity contribution in [2.24, 2.45) is 0 Å². The van der Waals surface area contributed by atoms with Gasteiger partial charge in [0.15, 0.2) is 0 Å². The van der Waals surface area contributed by atoms with Crippen LogP contribution in [0.3, 0.4) is 0 Å². The Morgan fingerprint density at radius 2 is 1.95 bits per heavy atom. The summed E-state index contributed by atoms with van der Waals surface area (Å²) in [6.45, 7) is 3.41. The molecule has 0 bridgehead atoms. The van der Waals surface area contributed by atoms with E-state index in [1.165, 1.54) is 0 Å². The molecule has 8 nitrogen and oxygen atoms in total. The molecule has 2 saturated heterocycles. The number of ether oxygens (including phenoxy) is 1. The Labute approximate surface area is 123 Å². The summed E-state index contributed by atoms with van der Waals surface area (Å²) < 4.78 is 5.27. The number of carbonyl (C=O) groups excluding carboxylic acids is 2. The highest BCUT2D eigenvalue weighted by molar-refractivity contribution is 5.84. The number of hydrogen-bond acceptors (Lipinski definition) is 4. The number of likely N-dealkylation sites (N-methyl/N-ethyl adjacent to an activating group) is 1. The number of amides is 3. The number of nitrogens with zero attached hydrogens (tertiary/aromatic N) is 3. The number of rotatable bonds is 3. The third-order valence-corrected chi connectivity index (χ3v) is 3.81. The first kappa shape index (κ1) is 15.6. The van der Waals surface area contributed by atoms with Gasteiger partial charge in [0.25, 0.3) is 0 Å². The van der Waals surface area contributed by atoms with Crippen LogP contribution in [0.1, 0.15) is 13.3 Å². The molecule has 0 aromatic heterocycles. The monoisotopic (exact) mass is 299 g/mol. The van der Waals surface area contributed by atoms with Gasteiger partial charge in [-0.1, -0.05) is 0 Å². The lowest BCUT2D eigenvalue weighted by atomic mass is 9.97. The first-order valence-corrected chi connectivity index (χ1v) is 6.94. The highest BCUT2D eigenvalue weighted by Gasteiger charge is 2.44. The second-order valence-electron chi connectivity index (χ2n) is 5.86. The smallest absolute Gasteiger partial charge is 0.329 e. The van der Waals surface area contributed by atoms with Crippen molar-refractivity contribution in [3.8, 4) is 0 Å². The third-order valence-electron chi connectivity index (χ3n) is 3.81. The molecular weight excluding hydrogens is 278 g/mol. The van der Waals surface area contributed by atoms with Crippen molar-refractivity contribution < 1.29 is 24.2 Å². The molecule has 2 aliphatic heterocycles. The van der Waals surface area contributed by atoms with Gasteiger partial charge in [0.1, 0.15) is 18.8 Å². The predicted molar refractivity (Wildman–Crippen MR) is 72.8 cm³/mol. The standard InChI is InChI=1S/C13H21N3O5/c1-13(21-7-11(18)19)8-16(9-13)12(20)15-5-3-4-14(2)10(17)6-15/h3-9H2,1-2H3,(H,18,19). The molecule has 0 aromatic rings. The Bertz CT molecular complexity index is 447. The second kappa shape index (κ2) is 5.88. The summed E-state index contributed by atoms with van der Waals surface area (Å²) in [6, 6.07) is -0.185. The van der Waals surface area contributed by atoms with E-state index in [0.717, 1.165) is 6.42 Å². The van der Waals surface area contributed by atoms with E-state index in [0.29, 0.717) is 26.2 Å². The minimum absolute atomic E-state index is 0.0636. The fourth-order valence-corrected chi connectivity index (χ4v) is 2.57. The van der Waals surface area contributed by atoms with Crippen LogP contribution in [0.25, 0.3) is 0 Å². The summed E-state index contributed by atoms with van der Waals surface area (Å²) in [6.07, 6.45) is 0.759. The van der Waals surface area contributed by atoms with Crippen molar-refractivity contribution in [2.75, 3.05) is 46.4 Å². The predicted octanol–water partition coefficient (Wildman–Crippen LogP) is -0.554. The third kappa shape index (κ3) is 3.63. The summed E-state index contributed by atoms with van der Waals surface area (Å²) in [4.78, 5) is 39.4. The van der Waals surface area contributed by atoms with Gasteiger partial charge in [0.2, 0.25) is 5.91 Å². The van der Waals surface area contributed by atoms with Crippen molar-refractivity contribution in [3.63, 3.8) is 0 Å². The van der Waals surface area contributed by atoms with Gasteiger partial charge >= 0.3 is 12.0 Å². The number of carboxylic acid groups (broad SMARTS) is 1. The highest BCUT2D eigenvalue weighted by atomic mass is 16.5. The molecule has 2 fully saturated rings. The van der Waals surface area contributed by atoms with Crippen LogP contribution < -0.4 is 0 Å². The van der Waals surface area contributed by atoms with E-state index in [2.05, 4.69) is 0 Å². The Kier molecular flexibility index (Phi) is 4.36. The van der Waals surface area contributed by atoms with Crippen LogP contribution in [0.15, 0.2) is 0 Å². The van der Waals surface area contributed by atoms with Crippen molar-refractivity contribution >= 4 is 17.9 Å². The summed E-state index contributed by atoms with van der Waals surface area (Å²) in [5, 5.41) is 8.60. The number of carbonyl (C=O) groups is 3. The zero-order valence-corrected chi connectivity index (χ0v) is 12.4. The molecule has 1 N–H and O–H groups in total. The highest BCUT2D eigenvalue weighted by Crippen LogP contribution is 2.26. The van der Waals surface area contributed by atoms with E-state index in [4.69, 9.17) is 9.84 Å². The molecule has 118 valence electrons. The van der Waals surface area contributed by atoms with E-state index >= 15 is 0 Å². The summed E-state index contributed by atoms with van der Waals surface area (Å²) in [5.41, 5.74) is -0.610. The molecular formula is C13H21N3O5. The minimum atomic E-state index is -1.03. The number of hydrogen-bond donors (Lipinski definition) is 1. The molecule has 0 aromatic carbocycles. The molecule has 2 rings (SSSR count). The number of urea groups is 1. The second-order valence-corrected chi connectivity index (χ2v) is 5.86. The SMILES string of the molecule is CN1CCCN(C(=O)N2CC(C)(OCC(=O)O)C2)CC1=O. The average Bonchev–Trinajstić information content (AvgIpc) is 2.55. The first-order valence-electron chi connectivity index (χ1n) is 6.94. The van der Waals surface area contributed by atoms with Gasteiger partial charge in [-0.25, -0.2) is 9.59 Å². The van der Waals surface area contributed by atoms with Crippen LogP contribution in [0.5, 0.6) is 0 Å². The van der Waals surface area contributed by atoms with Gasteiger partial charge in [-0.05, 0) is 13.3 Å². The molecule has 3 amide bonds. The Balaban J connectivity index is 1.85. The maximum Gasteiger partial charge on any atom is 0.329 e. The van der Waals surface area contributed by atoms with E-state index in [1.807, 2.05) is 0 Å². The van der Waals surface area contributed by atoms with Crippen LogP contribution >= 0.6 is 0 Å². The molecule has 0 spiro atoms. The Morgan fingerprint density at radius 1 is 1.29 bits per heavy atom. The molecule has 0 aliphatic carbocycles. The maximum absolute atomic E-state index is 12.3. The lowest BCUT2D eigenvalue weighted by Gasteiger charge is -2.48. The van der Waals surface area contributed by atoms with Gasteiger partial charge in [-0.15, -0.1) is 0 Å². The first-order chi connectivity index (χ1) is 9.81. The van der Waals surface area contributed by atoms with Crippen LogP contribution in [0, 0.1) is 0 Å². The number of likely N-dealkylation sites (tertiary alicyclic amines) is 1. The van der Waals surface area contributed by atoms with Gasteiger partial charge < -0.3 is 24.5 Å². The van der Waals surface area contributed by atoms with Crippen LogP contribution in [-0.4, -0.2) is 89.7 Å². The van der Waals surface area contributed by atoms with Crippen LogP contribution in [0.2, 0.25) is 0 Å². The maximum atomic E-state index is 12.3. The molecule has 0 unspecified atom stereocenters. The summed E-state index contributed by atoms with van der Waals surface area (Å²) >= 11 is 0. The quantitative estimate of drug-likeness (QED) is 0.755. The summed E-state index contributed by atoms with van der Waals surface area (Å²) in [5.74, 6) is -1.09. The molecule has 0 saturated carbocycles. The molecule has 2 heterocycles. The van der Waals surface area contributed by atoms with Crippen LogP contribution in [0.4, 0.5) is 4.79 Å². The lowest BCUT2D eigenvalue weighted by Crippen LogP contribution is -2.65. The van der Waals surface area contributed by atoms with Crippen molar-refractivity contribution in [2.45, 2.75) is 18.9 Å². The Hall–Kier alpha value is -1.83. The van der Waals surface area contributed by atoms with Gasteiger partial charge in [0, 0.05) is 20.1 Å². The van der Waals surface area contributed by atoms with E-state index < -0.39 is 11.6 Å². The molecule has 2 aliphatic rings. The summed E-state index contributed by atoms with van der Waals surface area (Å²) in [7, 11) is 1.73. The van der Waals surface area contributed by atoms with Crippen molar-refractivity contribution in [3.05, 3.63) is 0 Å².